The molecule has 1 N–H and O–H groups in total. The lowest BCUT2D eigenvalue weighted by atomic mass is 9.84. The van der Waals surface area contributed by atoms with Crippen molar-refractivity contribution in [2.45, 2.75) is 55.9 Å². The van der Waals surface area contributed by atoms with Crippen molar-refractivity contribution in [3.8, 4) is 11.6 Å². The number of halogens is 1. The smallest absolute Gasteiger partial charge is 0.256 e. The minimum absolute atomic E-state index is 0.0807. The Labute approximate surface area is 198 Å². The van der Waals surface area contributed by atoms with Crippen LogP contribution < -0.4 is 10.1 Å². The summed E-state index contributed by atoms with van der Waals surface area (Å²) in [5.74, 6) is 0.268. The molecular formula is C25H30FN3O3S. The van der Waals surface area contributed by atoms with Crippen LogP contribution in [0, 0.1) is 11.7 Å². The number of amides is 2. The molecule has 2 amide bonds. The average molecular weight is 472 g/mol. The highest BCUT2D eigenvalue weighted by Gasteiger charge is 2.30. The first-order valence-electron chi connectivity index (χ1n) is 11.6. The number of hydrogen-bond donors (Lipinski definition) is 1. The fourth-order valence-corrected chi connectivity index (χ4v) is 5.10. The fraction of sp³-hybridized carbons (Fsp3) is 0.480. The predicted octanol–water partition coefficient (Wildman–Crippen LogP) is 5.04. The minimum atomic E-state index is -0.586. The highest BCUT2D eigenvalue weighted by Crippen LogP contribution is 2.30. The summed E-state index contributed by atoms with van der Waals surface area (Å²) in [6.45, 7) is 1.39. The predicted molar refractivity (Wildman–Crippen MR) is 126 cm³/mol. The van der Waals surface area contributed by atoms with Crippen LogP contribution in [-0.2, 0) is 4.79 Å². The highest BCUT2D eigenvalue weighted by atomic mass is 32.2. The van der Waals surface area contributed by atoms with Gasteiger partial charge in [0.2, 0.25) is 11.8 Å². The Morgan fingerprint density at radius 1 is 1.24 bits per heavy atom. The first kappa shape index (κ1) is 23.5. The molecule has 1 aromatic carbocycles. The summed E-state index contributed by atoms with van der Waals surface area (Å²) in [7, 11) is 0. The van der Waals surface area contributed by atoms with Crippen molar-refractivity contribution in [1.82, 2.24) is 15.2 Å². The maximum absolute atomic E-state index is 13.9. The molecule has 1 saturated carbocycles. The van der Waals surface area contributed by atoms with Crippen molar-refractivity contribution in [2.75, 3.05) is 19.3 Å². The minimum Gasteiger partial charge on any atom is -0.438 e. The molecule has 0 unspecified atom stereocenters. The molecule has 176 valence electrons. The number of pyridine rings is 1. The Morgan fingerprint density at radius 2 is 2.06 bits per heavy atom. The molecule has 1 aliphatic carbocycles. The van der Waals surface area contributed by atoms with Gasteiger partial charge in [0.25, 0.3) is 5.91 Å². The van der Waals surface area contributed by atoms with Crippen LogP contribution in [0.4, 0.5) is 4.39 Å². The molecule has 8 heteroatoms. The number of carbonyl (C=O) groups is 2. The van der Waals surface area contributed by atoms with Gasteiger partial charge in [0.05, 0.1) is 6.20 Å². The highest BCUT2D eigenvalue weighted by molar-refractivity contribution is 7.98. The monoisotopic (exact) mass is 471 g/mol. The van der Waals surface area contributed by atoms with Crippen molar-refractivity contribution in [3.63, 3.8) is 0 Å². The number of likely N-dealkylation sites (tertiary alicyclic amines) is 1. The zero-order valence-corrected chi connectivity index (χ0v) is 19.7. The van der Waals surface area contributed by atoms with Crippen molar-refractivity contribution in [1.29, 1.82) is 0 Å². The van der Waals surface area contributed by atoms with Crippen molar-refractivity contribution < 1.29 is 18.7 Å². The van der Waals surface area contributed by atoms with Crippen LogP contribution in [0.5, 0.6) is 11.6 Å². The SMILES string of the molecule is CSc1cccc(Oc2ncc(F)cc2C(=O)NCC2CCC(N3CCCCC3=O)CC2)c1. The maximum Gasteiger partial charge on any atom is 0.256 e. The maximum atomic E-state index is 13.9. The largest absolute Gasteiger partial charge is 0.438 e. The van der Waals surface area contributed by atoms with Gasteiger partial charge in [0, 0.05) is 30.4 Å². The molecule has 0 radical (unpaired) electrons. The lowest BCUT2D eigenvalue weighted by Gasteiger charge is -2.39. The number of thioether (sulfide) groups is 1. The van der Waals surface area contributed by atoms with E-state index in [1.54, 1.807) is 17.8 Å². The van der Waals surface area contributed by atoms with Gasteiger partial charge in [-0.1, -0.05) is 6.07 Å². The number of hydrogen-bond acceptors (Lipinski definition) is 5. The third-order valence-corrected chi connectivity index (χ3v) is 7.21. The molecule has 2 fully saturated rings. The first-order chi connectivity index (χ1) is 16.0. The summed E-state index contributed by atoms with van der Waals surface area (Å²) in [6.07, 6.45) is 9.63. The number of aromatic nitrogens is 1. The van der Waals surface area contributed by atoms with E-state index in [2.05, 4.69) is 15.2 Å². The van der Waals surface area contributed by atoms with Gasteiger partial charge < -0.3 is 15.0 Å². The number of piperidine rings is 1. The third-order valence-electron chi connectivity index (χ3n) is 6.49. The van der Waals surface area contributed by atoms with Crippen LogP contribution in [0.1, 0.15) is 55.3 Å². The van der Waals surface area contributed by atoms with Gasteiger partial charge in [-0.05, 0) is 75.0 Å². The summed E-state index contributed by atoms with van der Waals surface area (Å²) < 4.78 is 19.7. The molecule has 1 aliphatic heterocycles. The summed E-state index contributed by atoms with van der Waals surface area (Å²) in [5.41, 5.74) is 0.0807. The molecule has 1 aromatic heterocycles. The van der Waals surface area contributed by atoms with E-state index in [0.717, 1.165) is 62.2 Å². The van der Waals surface area contributed by atoms with E-state index >= 15 is 0 Å². The quantitative estimate of drug-likeness (QED) is 0.573. The van der Waals surface area contributed by atoms with E-state index in [0.29, 0.717) is 30.7 Å². The Balaban J connectivity index is 1.34. The summed E-state index contributed by atoms with van der Waals surface area (Å²) in [4.78, 5) is 32.2. The van der Waals surface area contributed by atoms with Crippen molar-refractivity contribution >= 4 is 23.6 Å². The van der Waals surface area contributed by atoms with Gasteiger partial charge in [-0.25, -0.2) is 9.37 Å². The number of rotatable bonds is 7. The summed E-state index contributed by atoms with van der Waals surface area (Å²) in [5, 5.41) is 2.94. The fourth-order valence-electron chi connectivity index (χ4n) is 4.65. The third kappa shape index (κ3) is 6.05. The number of carbonyl (C=O) groups excluding carboxylic acids is 2. The van der Waals surface area contributed by atoms with Gasteiger partial charge in [-0.3, -0.25) is 9.59 Å². The van der Waals surface area contributed by atoms with E-state index in [1.807, 2.05) is 24.5 Å². The Hall–Kier alpha value is -2.61. The van der Waals surface area contributed by atoms with E-state index < -0.39 is 11.7 Å². The second kappa shape index (κ2) is 11.0. The Kier molecular flexibility index (Phi) is 7.85. The molecule has 0 spiro atoms. The van der Waals surface area contributed by atoms with E-state index in [9.17, 15) is 14.0 Å². The summed E-state index contributed by atoms with van der Waals surface area (Å²) in [6, 6.07) is 8.93. The van der Waals surface area contributed by atoms with Crippen LogP contribution in [0.15, 0.2) is 41.4 Å². The molecule has 4 rings (SSSR count). The van der Waals surface area contributed by atoms with E-state index in [1.165, 1.54) is 0 Å². The van der Waals surface area contributed by atoms with Crippen LogP contribution in [0.2, 0.25) is 0 Å². The number of nitrogens with zero attached hydrogens (tertiary/aromatic N) is 2. The Bertz CT molecular complexity index is 995. The van der Waals surface area contributed by atoms with Gasteiger partial charge in [-0.15, -0.1) is 11.8 Å². The van der Waals surface area contributed by atoms with Gasteiger partial charge in [0.15, 0.2) is 0 Å². The molecule has 2 heterocycles. The first-order valence-corrected chi connectivity index (χ1v) is 12.8. The van der Waals surface area contributed by atoms with Crippen molar-refractivity contribution in [3.05, 3.63) is 47.9 Å². The lowest BCUT2D eigenvalue weighted by molar-refractivity contribution is -0.136. The number of nitrogens with one attached hydrogen (secondary N) is 1. The van der Waals surface area contributed by atoms with E-state index in [4.69, 9.17) is 4.74 Å². The van der Waals surface area contributed by atoms with Gasteiger partial charge in [-0.2, -0.15) is 0 Å². The lowest BCUT2D eigenvalue weighted by Crippen LogP contribution is -2.45. The zero-order valence-electron chi connectivity index (χ0n) is 18.9. The van der Waals surface area contributed by atoms with E-state index in [-0.39, 0.29) is 17.4 Å². The van der Waals surface area contributed by atoms with Crippen molar-refractivity contribution in [2.24, 2.45) is 5.92 Å². The van der Waals surface area contributed by atoms with Gasteiger partial charge in [0.1, 0.15) is 17.1 Å². The summed E-state index contributed by atoms with van der Waals surface area (Å²) >= 11 is 1.58. The molecular weight excluding hydrogens is 441 g/mol. The van der Waals surface area contributed by atoms with Crippen LogP contribution >= 0.6 is 11.8 Å². The van der Waals surface area contributed by atoms with Gasteiger partial charge >= 0.3 is 0 Å². The zero-order chi connectivity index (χ0) is 23.2. The molecule has 1 saturated heterocycles. The number of ether oxygens (including phenoxy) is 1. The molecule has 2 aliphatic rings. The normalized spacial score (nSPS) is 21.0. The molecule has 0 atom stereocenters. The molecule has 6 nitrogen and oxygen atoms in total. The molecule has 0 bridgehead atoms. The topological polar surface area (TPSA) is 71.5 Å². The molecule has 33 heavy (non-hydrogen) atoms. The number of benzene rings is 1. The average Bonchev–Trinajstić information content (AvgIpc) is 2.84. The van der Waals surface area contributed by atoms with Crippen LogP contribution in [-0.4, -0.2) is 47.1 Å². The van der Waals surface area contributed by atoms with Crippen LogP contribution in [0.3, 0.4) is 0 Å². The molecule has 2 aromatic rings. The second-order valence-corrected chi connectivity index (χ2v) is 9.60. The standard InChI is InChI=1S/C25H30FN3O3S/c1-33-21-6-4-5-20(14-21)32-25-22(13-18(26)16-28-25)24(31)27-15-17-8-10-19(11-9-17)29-12-3-2-7-23(29)30/h4-6,13-14,16-17,19H,2-3,7-12,15H2,1H3,(H,27,31). The second-order valence-electron chi connectivity index (χ2n) is 8.72. The van der Waals surface area contributed by atoms with Crippen LogP contribution in [0.25, 0.3) is 0 Å². The Morgan fingerprint density at radius 3 is 2.82 bits per heavy atom.